The zero-order chi connectivity index (χ0) is 13.9. The number of hydrogen-bond donors (Lipinski definition) is 1. The zero-order valence-corrected chi connectivity index (χ0v) is 11.0. The van der Waals surface area contributed by atoms with E-state index in [2.05, 4.69) is 5.32 Å². The fraction of sp³-hybridized carbons (Fsp3) is 0.917. The van der Waals surface area contributed by atoms with E-state index < -0.39 is 30.7 Å². The average molecular weight is 266 g/mol. The number of nitrogens with zero attached hydrogens (tertiary/aromatic N) is 1. The van der Waals surface area contributed by atoms with Crippen molar-refractivity contribution in [2.75, 3.05) is 13.1 Å². The molecule has 1 heterocycles. The van der Waals surface area contributed by atoms with Crippen LogP contribution in [0.5, 0.6) is 0 Å². The molecule has 6 heteroatoms. The van der Waals surface area contributed by atoms with Crippen LogP contribution in [-0.2, 0) is 4.79 Å². The molecule has 0 aromatic heterocycles. The number of carbonyl (C=O) groups excluding carboxylic acids is 1. The molecule has 1 fully saturated rings. The average Bonchev–Trinajstić information content (AvgIpc) is 2.24. The minimum Gasteiger partial charge on any atom is -0.330 e. The molecule has 0 aromatic rings. The van der Waals surface area contributed by atoms with Gasteiger partial charge in [-0.2, -0.15) is 13.2 Å². The van der Waals surface area contributed by atoms with Gasteiger partial charge in [0.2, 0.25) is 5.91 Å². The van der Waals surface area contributed by atoms with Crippen LogP contribution in [-0.4, -0.2) is 42.2 Å². The fourth-order valence-corrected chi connectivity index (χ4v) is 2.27. The van der Waals surface area contributed by atoms with Gasteiger partial charge in [0, 0.05) is 6.04 Å². The van der Waals surface area contributed by atoms with Gasteiger partial charge in [-0.1, -0.05) is 6.92 Å². The summed E-state index contributed by atoms with van der Waals surface area (Å²) in [6, 6.07) is -0.932. The number of halogens is 3. The van der Waals surface area contributed by atoms with E-state index in [9.17, 15) is 18.0 Å². The standard InChI is InChI=1S/C12H21F3N2O/c1-8(2)17(7-12(13,14)15)11(18)10-9(3)5-4-6-16-10/h8-10,16H,4-7H2,1-3H3. The van der Waals surface area contributed by atoms with Crippen LogP contribution in [0.25, 0.3) is 0 Å². The van der Waals surface area contributed by atoms with E-state index in [0.717, 1.165) is 17.7 Å². The summed E-state index contributed by atoms with van der Waals surface area (Å²) in [4.78, 5) is 13.1. The highest BCUT2D eigenvalue weighted by Crippen LogP contribution is 2.22. The van der Waals surface area contributed by atoms with Crippen LogP contribution in [0.1, 0.15) is 33.6 Å². The molecule has 1 aliphatic rings. The minimum atomic E-state index is -4.35. The Bertz CT molecular complexity index is 292. The summed E-state index contributed by atoms with van der Waals surface area (Å²) < 4.78 is 37.4. The molecule has 1 saturated heterocycles. The fourth-order valence-electron chi connectivity index (χ4n) is 2.27. The number of piperidine rings is 1. The molecule has 18 heavy (non-hydrogen) atoms. The van der Waals surface area contributed by atoms with Crippen LogP contribution in [0.3, 0.4) is 0 Å². The van der Waals surface area contributed by atoms with Crippen molar-refractivity contribution < 1.29 is 18.0 Å². The van der Waals surface area contributed by atoms with Crippen LogP contribution in [0.4, 0.5) is 13.2 Å². The van der Waals surface area contributed by atoms with Crippen molar-refractivity contribution in [3.63, 3.8) is 0 Å². The van der Waals surface area contributed by atoms with Crippen molar-refractivity contribution in [1.82, 2.24) is 10.2 Å². The molecule has 0 spiro atoms. The van der Waals surface area contributed by atoms with Crippen molar-refractivity contribution >= 4 is 5.91 Å². The van der Waals surface area contributed by atoms with Gasteiger partial charge in [-0.05, 0) is 39.2 Å². The first-order valence-corrected chi connectivity index (χ1v) is 6.33. The van der Waals surface area contributed by atoms with E-state index in [0.29, 0.717) is 6.54 Å². The first kappa shape index (κ1) is 15.3. The van der Waals surface area contributed by atoms with Crippen molar-refractivity contribution in [2.24, 2.45) is 5.92 Å². The van der Waals surface area contributed by atoms with E-state index in [1.54, 1.807) is 13.8 Å². The molecule has 0 bridgehead atoms. The smallest absolute Gasteiger partial charge is 0.330 e. The van der Waals surface area contributed by atoms with Gasteiger partial charge in [-0.25, -0.2) is 0 Å². The molecule has 1 rings (SSSR count). The quantitative estimate of drug-likeness (QED) is 0.849. The molecule has 3 nitrogen and oxygen atoms in total. The predicted octanol–water partition coefficient (Wildman–Crippen LogP) is 2.17. The second-order valence-corrected chi connectivity index (χ2v) is 5.23. The van der Waals surface area contributed by atoms with Gasteiger partial charge in [0.15, 0.2) is 0 Å². The lowest BCUT2D eigenvalue weighted by Gasteiger charge is -2.36. The first-order chi connectivity index (χ1) is 8.22. The number of carbonyl (C=O) groups is 1. The Labute approximate surface area is 106 Å². The molecule has 0 saturated carbocycles. The summed E-state index contributed by atoms with van der Waals surface area (Å²) in [6.45, 7) is 4.64. The lowest BCUT2D eigenvalue weighted by molar-refractivity contribution is -0.167. The van der Waals surface area contributed by atoms with E-state index in [1.807, 2.05) is 6.92 Å². The number of hydrogen-bond acceptors (Lipinski definition) is 2. The molecule has 1 N–H and O–H groups in total. The Morgan fingerprint density at radius 1 is 1.44 bits per heavy atom. The van der Waals surface area contributed by atoms with Gasteiger partial charge in [-0.15, -0.1) is 0 Å². The van der Waals surface area contributed by atoms with Crippen LogP contribution in [0.15, 0.2) is 0 Å². The normalized spacial score (nSPS) is 25.3. The van der Waals surface area contributed by atoms with Crippen molar-refractivity contribution in [1.29, 1.82) is 0 Å². The number of amides is 1. The van der Waals surface area contributed by atoms with Gasteiger partial charge in [0.25, 0.3) is 0 Å². The molecule has 0 aromatic carbocycles. The predicted molar refractivity (Wildman–Crippen MR) is 63.1 cm³/mol. The first-order valence-electron chi connectivity index (χ1n) is 6.33. The molecule has 2 atom stereocenters. The Morgan fingerprint density at radius 2 is 2.06 bits per heavy atom. The molecule has 2 unspecified atom stereocenters. The highest BCUT2D eigenvalue weighted by atomic mass is 19.4. The van der Waals surface area contributed by atoms with Crippen LogP contribution < -0.4 is 5.32 Å². The number of rotatable bonds is 3. The third kappa shape index (κ3) is 4.15. The highest BCUT2D eigenvalue weighted by Gasteiger charge is 2.38. The van der Waals surface area contributed by atoms with E-state index in [4.69, 9.17) is 0 Å². The summed E-state index contributed by atoms with van der Waals surface area (Å²) in [5.41, 5.74) is 0. The van der Waals surface area contributed by atoms with E-state index in [-0.39, 0.29) is 5.92 Å². The molecule has 106 valence electrons. The molecule has 1 aliphatic heterocycles. The summed E-state index contributed by atoms with van der Waals surface area (Å²) in [6.07, 6.45) is -2.51. The molecule has 0 radical (unpaired) electrons. The Hall–Kier alpha value is -0.780. The van der Waals surface area contributed by atoms with Gasteiger partial charge >= 0.3 is 6.18 Å². The maximum absolute atomic E-state index is 12.5. The third-order valence-corrected chi connectivity index (χ3v) is 3.29. The Balaban J connectivity index is 2.75. The van der Waals surface area contributed by atoms with Gasteiger partial charge in [0.1, 0.15) is 6.54 Å². The summed E-state index contributed by atoms with van der Waals surface area (Å²) in [7, 11) is 0. The molecular formula is C12H21F3N2O. The Kier molecular flexibility index (Phi) is 5.01. The second kappa shape index (κ2) is 5.91. The number of nitrogens with one attached hydrogen (secondary N) is 1. The molecule has 0 aliphatic carbocycles. The monoisotopic (exact) mass is 266 g/mol. The van der Waals surface area contributed by atoms with Gasteiger partial charge in [-0.3, -0.25) is 4.79 Å². The zero-order valence-electron chi connectivity index (χ0n) is 11.0. The van der Waals surface area contributed by atoms with Gasteiger partial charge in [0.05, 0.1) is 6.04 Å². The summed E-state index contributed by atoms with van der Waals surface area (Å²) in [5, 5.41) is 3.03. The SMILES string of the molecule is CC1CCCNC1C(=O)N(CC(F)(F)F)C(C)C. The van der Waals surface area contributed by atoms with Crippen molar-refractivity contribution in [3.05, 3.63) is 0 Å². The minimum absolute atomic E-state index is 0.0840. The van der Waals surface area contributed by atoms with Crippen LogP contribution in [0, 0.1) is 5.92 Å². The lowest BCUT2D eigenvalue weighted by atomic mass is 9.91. The lowest BCUT2D eigenvalue weighted by Crippen LogP contribution is -2.55. The summed E-state index contributed by atoms with van der Waals surface area (Å²) >= 11 is 0. The second-order valence-electron chi connectivity index (χ2n) is 5.23. The maximum atomic E-state index is 12.5. The van der Waals surface area contributed by atoms with Crippen molar-refractivity contribution in [3.8, 4) is 0 Å². The maximum Gasteiger partial charge on any atom is 0.406 e. The summed E-state index contributed by atoms with van der Waals surface area (Å²) in [5.74, 6) is -0.352. The molecule has 1 amide bonds. The number of alkyl halides is 3. The topological polar surface area (TPSA) is 32.3 Å². The van der Waals surface area contributed by atoms with E-state index in [1.165, 1.54) is 0 Å². The Morgan fingerprint density at radius 3 is 2.50 bits per heavy atom. The van der Waals surface area contributed by atoms with E-state index >= 15 is 0 Å². The highest BCUT2D eigenvalue weighted by molar-refractivity contribution is 5.82. The van der Waals surface area contributed by atoms with Crippen LogP contribution in [0.2, 0.25) is 0 Å². The third-order valence-electron chi connectivity index (χ3n) is 3.29. The largest absolute Gasteiger partial charge is 0.406 e. The molecular weight excluding hydrogens is 245 g/mol. The van der Waals surface area contributed by atoms with Gasteiger partial charge < -0.3 is 10.2 Å². The van der Waals surface area contributed by atoms with Crippen LogP contribution >= 0.6 is 0 Å². The van der Waals surface area contributed by atoms with Crippen molar-refractivity contribution in [2.45, 2.75) is 51.9 Å².